The Morgan fingerprint density at radius 2 is 2.16 bits per heavy atom. The van der Waals surface area contributed by atoms with E-state index >= 15 is 0 Å². The van der Waals surface area contributed by atoms with Gasteiger partial charge >= 0.3 is 0 Å². The molecule has 0 fully saturated rings. The van der Waals surface area contributed by atoms with Gasteiger partial charge in [-0.15, -0.1) is 11.3 Å². The van der Waals surface area contributed by atoms with Crippen LogP contribution in [0.4, 0.5) is 0 Å². The standard InChI is InChI=1S/C15H17N3S/c1-3-13-12(9-18(2)17-13)14(16)11-6-4-5-10-7-8-19-15(10)11/h4-9,14H,3,16H2,1-2H3. The molecule has 3 rings (SSSR count). The van der Waals surface area contributed by atoms with Gasteiger partial charge in [-0.1, -0.05) is 25.1 Å². The number of benzene rings is 1. The van der Waals surface area contributed by atoms with Crippen molar-refractivity contribution >= 4 is 21.4 Å². The highest BCUT2D eigenvalue weighted by molar-refractivity contribution is 7.17. The molecule has 0 spiro atoms. The van der Waals surface area contributed by atoms with E-state index in [2.05, 4.69) is 41.7 Å². The van der Waals surface area contributed by atoms with Crippen molar-refractivity contribution < 1.29 is 0 Å². The van der Waals surface area contributed by atoms with Crippen LogP contribution in [-0.2, 0) is 13.5 Å². The molecule has 0 saturated heterocycles. The summed E-state index contributed by atoms with van der Waals surface area (Å²) in [6, 6.07) is 8.36. The Morgan fingerprint density at radius 3 is 2.95 bits per heavy atom. The van der Waals surface area contributed by atoms with E-state index in [1.807, 2.05) is 17.9 Å². The van der Waals surface area contributed by atoms with Crippen molar-refractivity contribution in [1.82, 2.24) is 9.78 Å². The monoisotopic (exact) mass is 271 g/mol. The fraction of sp³-hybridized carbons (Fsp3) is 0.267. The van der Waals surface area contributed by atoms with Crippen LogP contribution in [0, 0.1) is 0 Å². The molecule has 3 aromatic rings. The molecule has 0 aliphatic carbocycles. The maximum atomic E-state index is 6.48. The predicted octanol–water partition coefficient (Wildman–Crippen LogP) is 3.25. The molecule has 2 N–H and O–H groups in total. The molecule has 2 aromatic heterocycles. The number of aromatic nitrogens is 2. The van der Waals surface area contributed by atoms with Gasteiger partial charge in [-0.2, -0.15) is 5.10 Å². The summed E-state index contributed by atoms with van der Waals surface area (Å²) in [7, 11) is 1.95. The van der Waals surface area contributed by atoms with Gasteiger partial charge in [-0.25, -0.2) is 0 Å². The Kier molecular flexibility index (Phi) is 3.12. The molecule has 0 aliphatic heterocycles. The van der Waals surface area contributed by atoms with Gasteiger partial charge in [0.1, 0.15) is 0 Å². The van der Waals surface area contributed by atoms with Crippen molar-refractivity contribution in [1.29, 1.82) is 0 Å². The molecule has 0 amide bonds. The summed E-state index contributed by atoms with van der Waals surface area (Å²) in [6.45, 7) is 2.12. The summed E-state index contributed by atoms with van der Waals surface area (Å²) in [6.07, 6.45) is 2.94. The van der Waals surface area contributed by atoms with Gasteiger partial charge in [0.15, 0.2) is 0 Å². The Balaban J connectivity index is 2.12. The third-order valence-corrected chi connectivity index (χ3v) is 4.43. The molecule has 1 unspecified atom stereocenters. The molecular formula is C15H17N3S. The minimum Gasteiger partial charge on any atom is -0.320 e. The molecule has 0 radical (unpaired) electrons. The highest BCUT2D eigenvalue weighted by Gasteiger charge is 2.18. The third kappa shape index (κ3) is 2.07. The fourth-order valence-electron chi connectivity index (χ4n) is 2.52. The van der Waals surface area contributed by atoms with Crippen molar-refractivity contribution in [3.05, 3.63) is 52.7 Å². The van der Waals surface area contributed by atoms with Crippen molar-refractivity contribution in [2.45, 2.75) is 19.4 Å². The molecule has 3 nitrogen and oxygen atoms in total. The summed E-state index contributed by atoms with van der Waals surface area (Å²) < 4.78 is 3.13. The van der Waals surface area contributed by atoms with Gasteiger partial charge < -0.3 is 5.73 Å². The van der Waals surface area contributed by atoms with Gasteiger partial charge in [-0.3, -0.25) is 4.68 Å². The maximum Gasteiger partial charge on any atom is 0.0672 e. The molecule has 0 aliphatic rings. The number of rotatable bonds is 3. The van der Waals surface area contributed by atoms with E-state index in [0.717, 1.165) is 17.7 Å². The highest BCUT2D eigenvalue weighted by Crippen LogP contribution is 2.32. The van der Waals surface area contributed by atoms with Crippen molar-refractivity contribution in [3.63, 3.8) is 0 Å². The van der Waals surface area contributed by atoms with Crippen molar-refractivity contribution in [3.8, 4) is 0 Å². The minimum atomic E-state index is -0.106. The first-order chi connectivity index (χ1) is 9.20. The van der Waals surface area contributed by atoms with Crippen LogP contribution in [0.15, 0.2) is 35.8 Å². The van der Waals surface area contributed by atoms with Crippen LogP contribution >= 0.6 is 11.3 Å². The number of nitrogens with two attached hydrogens (primary N) is 1. The first-order valence-electron chi connectivity index (χ1n) is 6.44. The van der Waals surface area contributed by atoms with Crippen LogP contribution < -0.4 is 5.73 Å². The fourth-order valence-corrected chi connectivity index (χ4v) is 3.47. The summed E-state index contributed by atoms with van der Waals surface area (Å²) in [4.78, 5) is 0. The summed E-state index contributed by atoms with van der Waals surface area (Å²) in [5, 5.41) is 7.86. The van der Waals surface area contributed by atoms with Crippen LogP contribution in [0.5, 0.6) is 0 Å². The second-order valence-corrected chi connectivity index (χ2v) is 5.64. The highest BCUT2D eigenvalue weighted by atomic mass is 32.1. The predicted molar refractivity (Wildman–Crippen MR) is 80.4 cm³/mol. The zero-order valence-corrected chi connectivity index (χ0v) is 11.9. The largest absolute Gasteiger partial charge is 0.320 e. The van der Waals surface area contributed by atoms with Gasteiger partial charge in [0.2, 0.25) is 0 Å². The third-order valence-electron chi connectivity index (χ3n) is 3.45. The maximum absolute atomic E-state index is 6.48. The summed E-state index contributed by atoms with van der Waals surface area (Å²) in [5.74, 6) is 0. The summed E-state index contributed by atoms with van der Waals surface area (Å²) in [5.41, 5.74) is 9.89. The van der Waals surface area contributed by atoms with E-state index in [4.69, 9.17) is 5.73 Å². The lowest BCUT2D eigenvalue weighted by Gasteiger charge is -2.13. The minimum absolute atomic E-state index is 0.106. The van der Waals surface area contributed by atoms with Crippen LogP contribution in [-0.4, -0.2) is 9.78 Å². The number of hydrogen-bond donors (Lipinski definition) is 1. The SMILES string of the molecule is CCc1nn(C)cc1C(N)c1cccc2ccsc12. The number of aryl methyl sites for hydroxylation is 2. The topological polar surface area (TPSA) is 43.8 Å². The zero-order valence-electron chi connectivity index (χ0n) is 11.1. The van der Waals surface area contributed by atoms with E-state index in [1.54, 1.807) is 11.3 Å². The number of thiophene rings is 1. The van der Waals surface area contributed by atoms with Gasteiger partial charge in [-0.05, 0) is 28.8 Å². The van der Waals surface area contributed by atoms with Crippen LogP contribution in [0.1, 0.15) is 29.8 Å². The average molecular weight is 271 g/mol. The van der Waals surface area contributed by atoms with Crippen molar-refractivity contribution in [2.24, 2.45) is 12.8 Å². The van der Waals surface area contributed by atoms with E-state index < -0.39 is 0 Å². The molecule has 98 valence electrons. The molecule has 2 heterocycles. The average Bonchev–Trinajstić information content (AvgIpc) is 3.03. The van der Waals surface area contributed by atoms with Crippen LogP contribution in [0.3, 0.4) is 0 Å². The van der Waals surface area contributed by atoms with Gasteiger partial charge in [0.05, 0.1) is 11.7 Å². The Hall–Kier alpha value is -1.65. The second-order valence-electron chi connectivity index (χ2n) is 4.72. The zero-order chi connectivity index (χ0) is 13.4. The van der Waals surface area contributed by atoms with E-state index in [-0.39, 0.29) is 6.04 Å². The Labute approximate surface area is 116 Å². The molecule has 19 heavy (non-hydrogen) atoms. The van der Waals surface area contributed by atoms with Crippen molar-refractivity contribution in [2.75, 3.05) is 0 Å². The first-order valence-corrected chi connectivity index (χ1v) is 7.32. The smallest absolute Gasteiger partial charge is 0.0672 e. The van der Waals surface area contributed by atoms with E-state index in [1.165, 1.54) is 15.6 Å². The molecule has 4 heteroatoms. The molecule has 1 atom stereocenters. The molecule has 0 saturated carbocycles. The number of fused-ring (bicyclic) bond motifs is 1. The van der Waals surface area contributed by atoms with Crippen LogP contribution in [0.2, 0.25) is 0 Å². The molecular weight excluding hydrogens is 254 g/mol. The van der Waals surface area contributed by atoms with Crippen LogP contribution in [0.25, 0.3) is 10.1 Å². The number of hydrogen-bond acceptors (Lipinski definition) is 3. The lowest BCUT2D eigenvalue weighted by molar-refractivity contribution is 0.746. The number of nitrogens with zero attached hydrogens (tertiary/aromatic N) is 2. The van der Waals surface area contributed by atoms with Gasteiger partial charge in [0.25, 0.3) is 0 Å². The quantitative estimate of drug-likeness (QED) is 0.794. The van der Waals surface area contributed by atoms with E-state index in [0.29, 0.717) is 0 Å². The second kappa shape index (κ2) is 4.79. The lowest BCUT2D eigenvalue weighted by atomic mass is 9.98. The molecule has 0 bridgehead atoms. The summed E-state index contributed by atoms with van der Waals surface area (Å²) >= 11 is 1.75. The lowest BCUT2D eigenvalue weighted by Crippen LogP contribution is -2.13. The van der Waals surface area contributed by atoms with Gasteiger partial charge in [0, 0.05) is 23.5 Å². The molecule has 1 aromatic carbocycles. The Morgan fingerprint density at radius 1 is 1.32 bits per heavy atom. The van der Waals surface area contributed by atoms with E-state index in [9.17, 15) is 0 Å². The normalized spacial score (nSPS) is 13.0. The first kappa shape index (κ1) is 12.4. The Bertz CT molecular complexity index is 711.